The first-order valence-corrected chi connectivity index (χ1v) is 6.10. The summed E-state index contributed by atoms with van der Waals surface area (Å²) in [6.45, 7) is 5.13. The van der Waals surface area contributed by atoms with Gasteiger partial charge in [-0.05, 0) is 43.3 Å². The first kappa shape index (κ1) is 13.7. The number of carbonyl (C=O) groups excluding carboxylic acids is 1. The van der Waals surface area contributed by atoms with Crippen molar-refractivity contribution in [2.24, 2.45) is 10.2 Å². The molecule has 0 radical (unpaired) electrons. The highest BCUT2D eigenvalue weighted by Gasteiger charge is 2.04. The van der Waals surface area contributed by atoms with Gasteiger partial charge in [-0.3, -0.25) is 0 Å². The second kappa shape index (κ2) is 6.43. The number of carbonyl (C=O) groups is 1. The van der Waals surface area contributed by atoms with Crippen molar-refractivity contribution in [2.75, 3.05) is 0 Å². The molecule has 4 nitrogen and oxygen atoms in total. The lowest BCUT2D eigenvalue weighted by atomic mass is 10.3. The summed E-state index contributed by atoms with van der Waals surface area (Å²) in [6.07, 6.45) is 0. The summed E-state index contributed by atoms with van der Waals surface area (Å²) in [5.41, 5.74) is 1.83. The Morgan fingerprint density at radius 3 is 2.05 bits per heavy atom. The molecular formula is C16H14N2O2. The molecule has 100 valence electrons. The Balaban J connectivity index is 2.03. The third-order valence-electron chi connectivity index (χ3n) is 2.43. The molecule has 0 atom stereocenters. The summed E-state index contributed by atoms with van der Waals surface area (Å²) in [4.78, 5) is 11.3. The molecule has 0 spiro atoms. The summed E-state index contributed by atoms with van der Waals surface area (Å²) in [7, 11) is 0. The van der Waals surface area contributed by atoms with Gasteiger partial charge in [-0.2, -0.15) is 10.2 Å². The molecule has 4 heteroatoms. The number of hydrogen-bond acceptors (Lipinski definition) is 4. The molecule has 2 aromatic rings. The Hall–Kier alpha value is -2.75. The van der Waals surface area contributed by atoms with Crippen molar-refractivity contribution in [3.8, 4) is 5.75 Å². The van der Waals surface area contributed by atoms with Crippen LogP contribution in [0, 0.1) is 0 Å². The van der Waals surface area contributed by atoms with Gasteiger partial charge in [0.05, 0.1) is 11.4 Å². The van der Waals surface area contributed by atoms with Crippen LogP contribution in [0.4, 0.5) is 11.4 Å². The van der Waals surface area contributed by atoms with Gasteiger partial charge in [0.25, 0.3) is 0 Å². The zero-order chi connectivity index (χ0) is 14.4. The Morgan fingerprint density at radius 2 is 1.50 bits per heavy atom. The van der Waals surface area contributed by atoms with Crippen LogP contribution in [0.1, 0.15) is 6.92 Å². The molecule has 0 bridgehead atoms. The largest absolute Gasteiger partial charge is 0.423 e. The van der Waals surface area contributed by atoms with Gasteiger partial charge in [0.2, 0.25) is 0 Å². The molecule has 0 aliphatic heterocycles. The van der Waals surface area contributed by atoms with E-state index in [1.54, 1.807) is 31.2 Å². The fourth-order valence-electron chi connectivity index (χ4n) is 1.39. The van der Waals surface area contributed by atoms with Gasteiger partial charge in [-0.1, -0.05) is 24.8 Å². The monoisotopic (exact) mass is 266 g/mol. The highest BCUT2D eigenvalue weighted by atomic mass is 16.5. The zero-order valence-electron chi connectivity index (χ0n) is 11.1. The van der Waals surface area contributed by atoms with E-state index in [1.165, 1.54) is 0 Å². The quantitative estimate of drug-likeness (QED) is 0.352. The van der Waals surface area contributed by atoms with Gasteiger partial charge in [0, 0.05) is 5.57 Å². The summed E-state index contributed by atoms with van der Waals surface area (Å²) >= 11 is 0. The molecule has 0 aromatic heterocycles. The predicted molar refractivity (Wildman–Crippen MR) is 77.5 cm³/mol. The van der Waals surface area contributed by atoms with Gasteiger partial charge >= 0.3 is 5.97 Å². The number of hydrogen-bond donors (Lipinski definition) is 0. The van der Waals surface area contributed by atoms with E-state index < -0.39 is 5.97 Å². The van der Waals surface area contributed by atoms with Gasteiger partial charge in [-0.15, -0.1) is 0 Å². The van der Waals surface area contributed by atoms with Crippen LogP contribution in [-0.2, 0) is 4.79 Å². The van der Waals surface area contributed by atoms with E-state index in [-0.39, 0.29) is 0 Å². The molecule has 20 heavy (non-hydrogen) atoms. The lowest BCUT2D eigenvalue weighted by Gasteiger charge is -2.03. The first-order chi connectivity index (χ1) is 9.65. The van der Waals surface area contributed by atoms with Gasteiger partial charge in [0.1, 0.15) is 5.75 Å². The molecule has 0 aliphatic rings. The number of ether oxygens (including phenoxy) is 1. The third-order valence-corrected chi connectivity index (χ3v) is 2.43. The Morgan fingerprint density at radius 1 is 0.950 bits per heavy atom. The van der Waals surface area contributed by atoms with Gasteiger partial charge in [-0.25, -0.2) is 4.79 Å². The van der Waals surface area contributed by atoms with Crippen molar-refractivity contribution in [2.45, 2.75) is 6.92 Å². The number of rotatable bonds is 4. The SMILES string of the molecule is C=C(C)C(=O)Oc1ccc(N=Nc2ccccc2)cc1. The minimum Gasteiger partial charge on any atom is -0.423 e. The summed E-state index contributed by atoms with van der Waals surface area (Å²) in [5, 5.41) is 8.20. The minimum absolute atomic E-state index is 0.359. The topological polar surface area (TPSA) is 51.0 Å². The van der Waals surface area contributed by atoms with Crippen LogP contribution in [0.3, 0.4) is 0 Å². The van der Waals surface area contributed by atoms with Gasteiger partial charge in [0.15, 0.2) is 0 Å². The molecular weight excluding hydrogens is 252 g/mol. The Bertz CT molecular complexity index is 631. The second-order valence-electron chi connectivity index (χ2n) is 4.20. The van der Waals surface area contributed by atoms with Crippen LogP contribution in [0.5, 0.6) is 5.75 Å². The summed E-state index contributed by atoms with van der Waals surface area (Å²) in [5.74, 6) is 0.0142. The molecule has 0 N–H and O–H groups in total. The fourth-order valence-corrected chi connectivity index (χ4v) is 1.39. The predicted octanol–water partition coefficient (Wildman–Crippen LogP) is 4.58. The summed E-state index contributed by atoms with van der Waals surface area (Å²) < 4.78 is 5.08. The maximum atomic E-state index is 11.3. The Labute approximate surface area is 117 Å². The van der Waals surface area contributed by atoms with Crippen molar-refractivity contribution >= 4 is 17.3 Å². The van der Waals surface area contributed by atoms with Crippen LogP contribution in [0.15, 0.2) is 77.0 Å². The van der Waals surface area contributed by atoms with Crippen LogP contribution in [0.2, 0.25) is 0 Å². The maximum absolute atomic E-state index is 11.3. The molecule has 0 unspecified atom stereocenters. The molecule has 2 rings (SSSR count). The van der Waals surface area contributed by atoms with Crippen molar-refractivity contribution in [1.29, 1.82) is 0 Å². The minimum atomic E-state index is -0.441. The first-order valence-electron chi connectivity index (χ1n) is 6.10. The average Bonchev–Trinajstić information content (AvgIpc) is 2.47. The van der Waals surface area contributed by atoms with E-state index in [9.17, 15) is 4.79 Å². The lowest BCUT2D eigenvalue weighted by molar-refractivity contribution is -0.130. The average molecular weight is 266 g/mol. The van der Waals surface area contributed by atoms with E-state index in [2.05, 4.69) is 16.8 Å². The number of benzene rings is 2. The Kier molecular flexibility index (Phi) is 4.39. The third kappa shape index (κ3) is 3.88. The van der Waals surface area contributed by atoms with E-state index in [1.807, 2.05) is 30.3 Å². The van der Waals surface area contributed by atoms with E-state index in [4.69, 9.17) is 4.74 Å². The van der Waals surface area contributed by atoms with Crippen molar-refractivity contribution in [3.63, 3.8) is 0 Å². The van der Waals surface area contributed by atoms with Crippen LogP contribution < -0.4 is 4.74 Å². The number of esters is 1. The van der Waals surface area contributed by atoms with E-state index >= 15 is 0 Å². The molecule has 0 aliphatic carbocycles. The molecule has 0 heterocycles. The van der Waals surface area contributed by atoms with Crippen molar-refractivity contribution < 1.29 is 9.53 Å². The smallest absolute Gasteiger partial charge is 0.338 e. The van der Waals surface area contributed by atoms with Crippen molar-refractivity contribution in [3.05, 3.63) is 66.7 Å². The normalized spacial score (nSPS) is 10.4. The molecule has 0 saturated carbocycles. The molecule has 0 fully saturated rings. The zero-order valence-corrected chi connectivity index (χ0v) is 11.1. The van der Waals surface area contributed by atoms with E-state index in [0.717, 1.165) is 5.69 Å². The van der Waals surface area contributed by atoms with Crippen molar-refractivity contribution in [1.82, 2.24) is 0 Å². The van der Waals surface area contributed by atoms with Crippen LogP contribution in [-0.4, -0.2) is 5.97 Å². The molecule has 0 saturated heterocycles. The van der Waals surface area contributed by atoms with Crippen LogP contribution >= 0.6 is 0 Å². The highest BCUT2D eigenvalue weighted by Crippen LogP contribution is 2.21. The highest BCUT2D eigenvalue weighted by molar-refractivity contribution is 5.88. The standard InChI is InChI=1S/C16H14N2O2/c1-12(2)16(19)20-15-10-8-14(9-11-15)18-17-13-6-4-3-5-7-13/h3-11H,1H2,2H3. The fraction of sp³-hybridized carbons (Fsp3) is 0.0625. The summed E-state index contributed by atoms with van der Waals surface area (Å²) in [6, 6.07) is 16.2. The van der Waals surface area contributed by atoms with Gasteiger partial charge < -0.3 is 4.74 Å². The maximum Gasteiger partial charge on any atom is 0.338 e. The number of nitrogens with zero attached hydrogens (tertiary/aromatic N) is 2. The number of azo groups is 1. The van der Waals surface area contributed by atoms with Crippen LogP contribution in [0.25, 0.3) is 0 Å². The second-order valence-corrected chi connectivity index (χ2v) is 4.20. The molecule has 0 amide bonds. The molecule has 2 aromatic carbocycles. The van der Waals surface area contributed by atoms with E-state index in [0.29, 0.717) is 17.0 Å². The lowest BCUT2D eigenvalue weighted by Crippen LogP contribution is -2.07.